The van der Waals surface area contributed by atoms with Crippen molar-refractivity contribution in [1.82, 2.24) is 10.2 Å². The SMILES string of the molecule is Cc1[nH]ncc1-c1ccc(C(C)(C)C)c(F)c1. The van der Waals surface area contributed by atoms with Crippen LogP contribution in [-0.4, -0.2) is 10.2 Å². The summed E-state index contributed by atoms with van der Waals surface area (Å²) in [4.78, 5) is 0. The fourth-order valence-corrected chi connectivity index (χ4v) is 1.93. The number of hydrogen-bond donors (Lipinski definition) is 1. The van der Waals surface area contributed by atoms with Crippen molar-refractivity contribution in [3.63, 3.8) is 0 Å². The number of aromatic amines is 1. The molecule has 0 saturated heterocycles. The molecule has 2 nitrogen and oxygen atoms in total. The van der Waals surface area contributed by atoms with Crippen LogP contribution in [0, 0.1) is 12.7 Å². The highest BCUT2D eigenvalue weighted by molar-refractivity contribution is 5.65. The van der Waals surface area contributed by atoms with E-state index in [0.29, 0.717) is 0 Å². The molecule has 90 valence electrons. The van der Waals surface area contributed by atoms with E-state index in [2.05, 4.69) is 10.2 Å². The summed E-state index contributed by atoms with van der Waals surface area (Å²) in [5.41, 5.74) is 3.33. The Labute approximate surface area is 101 Å². The molecule has 0 radical (unpaired) electrons. The molecular formula is C14H17FN2. The zero-order valence-electron chi connectivity index (χ0n) is 10.6. The summed E-state index contributed by atoms with van der Waals surface area (Å²) in [6.07, 6.45) is 1.72. The number of nitrogens with zero attached hydrogens (tertiary/aromatic N) is 1. The molecule has 1 aromatic heterocycles. The lowest BCUT2D eigenvalue weighted by molar-refractivity contribution is 0.523. The second-order valence-corrected chi connectivity index (χ2v) is 5.35. The topological polar surface area (TPSA) is 28.7 Å². The minimum Gasteiger partial charge on any atom is -0.282 e. The average molecular weight is 232 g/mol. The number of nitrogens with one attached hydrogen (secondary N) is 1. The minimum atomic E-state index is -0.173. The van der Waals surface area contributed by atoms with E-state index in [0.717, 1.165) is 22.4 Å². The molecule has 2 rings (SSSR count). The summed E-state index contributed by atoms with van der Waals surface area (Å²) in [5, 5.41) is 6.81. The molecule has 0 aliphatic rings. The summed E-state index contributed by atoms with van der Waals surface area (Å²) >= 11 is 0. The van der Waals surface area contributed by atoms with E-state index in [1.54, 1.807) is 12.3 Å². The Morgan fingerprint density at radius 2 is 1.94 bits per heavy atom. The third kappa shape index (κ3) is 2.23. The van der Waals surface area contributed by atoms with Crippen LogP contribution >= 0.6 is 0 Å². The molecule has 0 bridgehead atoms. The molecule has 0 fully saturated rings. The van der Waals surface area contributed by atoms with Gasteiger partial charge in [0.05, 0.1) is 6.20 Å². The second kappa shape index (κ2) is 3.99. The summed E-state index contributed by atoms with van der Waals surface area (Å²) in [5.74, 6) is -0.157. The van der Waals surface area contributed by atoms with Crippen molar-refractivity contribution in [2.24, 2.45) is 0 Å². The van der Waals surface area contributed by atoms with Gasteiger partial charge in [0.2, 0.25) is 0 Å². The molecule has 1 N–H and O–H groups in total. The van der Waals surface area contributed by atoms with Crippen molar-refractivity contribution in [2.75, 3.05) is 0 Å². The Morgan fingerprint density at radius 3 is 2.41 bits per heavy atom. The van der Waals surface area contributed by atoms with Crippen molar-refractivity contribution in [1.29, 1.82) is 0 Å². The van der Waals surface area contributed by atoms with Gasteiger partial charge in [-0.1, -0.05) is 32.9 Å². The maximum Gasteiger partial charge on any atom is 0.127 e. The lowest BCUT2D eigenvalue weighted by Crippen LogP contribution is -2.13. The predicted molar refractivity (Wildman–Crippen MR) is 67.4 cm³/mol. The molecule has 0 unspecified atom stereocenters. The van der Waals surface area contributed by atoms with E-state index in [9.17, 15) is 4.39 Å². The smallest absolute Gasteiger partial charge is 0.127 e. The Kier molecular flexibility index (Phi) is 2.77. The largest absolute Gasteiger partial charge is 0.282 e. The zero-order chi connectivity index (χ0) is 12.6. The van der Waals surface area contributed by atoms with Gasteiger partial charge in [0.1, 0.15) is 5.82 Å². The Morgan fingerprint density at radius 1 is 1.24 bits per heavy atom. The highest BCUT2D eigenvalue weighted by Crippen LogP contribution is 2.29. The number of rotatable bonds is 1. The van der Waals surface area contributed by atoms with Gasteiger partial charge in [-0.05, 0) is 29.5 Å². The first-order valence-corrected chi connectivity index (χ1v) is 5.70. The molecule has 0 aliphatic carbocycles. The normalized spacial score (nSPS) is 11.8. The van der Waals surface area contributed by atoms with Gasteiger partial charge in [-0.15, -0.1) is 0 Å². The highest BCUT2D eigenvalue weighted by Gasteiger charge is 2.19. The maximum atomic E-state index is 14.0. The first kappa shape index (κ1) is 11.8. The second-order valence-electron chi connectivity index (χ2n) is 5.35. The lowest BCUT2D eigenvalue weighted by Gasteiger charge is -2.20. The molecule has 17 heavy (non-hydrogen) atoms. The van der Waals surface area contributed by atoms with Gasteiger partial charge in [0.25, 0.3) is 0 Å². The van der Waals surface area contributed by atoms with E-state index in [-0.39, 0.29) is 11.2 Å². The summed E-state index contributed by atoms with van der Waals surface area (Å²) in [7, 11) is 0. The van der Waals surface area contributed by atoms with Crippen LogP contribution < -0.4 is 0 Å². The molecular weight excluding hydrogens is 215 g/mol. The van der Waals surface area contributed by atoms with Crippen LogP contribution in [0.3, 0.4) is 0 Å². The predicted octanol–water partition coefficient (Wildman–Crippen LogP) is 3.82. The van der Waals surface area contributed by atoms with Crippen LogP contribution in [0.4, 0.5) is 4.39 Å². The number of halogens is 1. The zero-order valence-corrected chi connectivity index (χ0v) is 10.6. The molecule has 3 heteroatoms. The van der Waals surface area contributed by atoms with Gasteiger partial charge >= 0.3 is 0 Å². The summed E-state index contributed by atoms with van der Waals surface area (Å²) < 4.78 is 14.0. The van der Waals surface area contributed by atoms with Crippen molar-refractivity contribution in [2.45, 2.75) is 33.1 Å². The number of aryl methyl sites for hydroxylation is 1. The summed E-state index contributed by atoms with van der Waals surface area (Å²) in [6.45, 7) is 7.95. The first-order valence-electron chi connectivity index (χ1n) is 5.70. The van der Waals surface area contributed by atoms with Gasteiger partial charge in [-0.25, -0.2) is 4.39 Å². The summed E-state index contributed by atoms with van der Waals surface area (Å²) in [6, 6.07) is 5.39. The molecule has 0 atom stereocenters. The van der Waals surface area contributed by atoms with E-state index in [4.69, 9.17) is 0 Å². The fourth-order valence-electron chi connectivity index (χ4n) is 1.93. The number of H-pyrrole nitrogens is 1. The van der Waals surface area contributed by atoms with Crippen LogP contribution in [0.25, 0.3) is 11.1 Å². The van der Waals surface area contributed by atoms with E-state index in [1.165, 1.54) is 0 Å². The van der Waals surface area contributed by atoms with Gasteiger partial charge in [0.15, 0.2) is 0 Å². The van der Waals surface area contributed by atoms with Gasteiger partial charge < -0.3 is 0 Å². The molecule has 0 amide bonds. The molecule has 1 heterocycles. The number of benzene rings is 1. The Balaban J connectivity index is 2.49. The molecule has 0 aliphatic heterocycles. The van der Waals surface area contributed by atoms with Crippen molar-refractivity contribution >= 4 is 0 Å². The van der Waals surface area contributed by atoms with E-state index >= 15 is 0 Å². The van der Waals surface area contributed by atoms with Crippen LogP contribution in [0.5, 0.6) is 0 Å². The molecule has 1 aromatic carbocycles. The quantitative estimate of drug-likeness (QED) is 0.795. The van der Waals surface area contributed by atoms with E-state index < -0.39 is 0 Å². The molecule has 0 spiro atoms. The maximum absolute atomic E-state index is 14.0. The highest BCUT2D eigenvalue weighted by atomic mass is 19.1. The number of aromatic nitrogens is 2. The van der Waals surface area contributed by atoms with Gasteiger partial charge in [-0.3, -0.25) is 5.10 Å². The Bertz CT molecular complexity index is 535. The van der Waals surface area contributed by atoms with Gasteiger partial charge in [-0.2, -0.15) is 5.10 Å². The van der Waals surface area contributed by atoms with Crippen molar-refractivity contribution in [3.8, 4) is 11.1 Å². The Hall–Kier alpha value is -1.64. The standard InChI is InChI=1S/C14H17FN2/c1-9-11(8-16-17-9)10-5-6-12(13(15)7-10)14(2,3)4/h5-8H,1-4H3,(H,16,17). The first-order chi connectivity index (χ1) is 7.89. The van der Waals surface area contributed by atoms with Crippen LogP contribution in [0.1, 0.15) is 32.0 Å². The van der Waals surface area contributed by atoms with Crippen LogP contribution in [-0.2, 0) is 5.41 Å². The third-order valence-corrected chi connectivity index (χ3v) is 2.92. The fraction of sp³-hybridized carbons (Fsp3) is 0.357. The van der Waals surface area contributed by atoms with Gasteiger partial charge in [0, 0.05) is 11.3 Å². The monoisotopic (exact) mass is 232 g/mol. The lowest BCUT2D eigenvalue weighted by atomic mass is 9.85. The molecule has 2 aromatic rings. The van der Waals surface area contributed by atoms with Crippen molar-refractivity contribution < 1.29 is 4.39 Å². The van der Waals surface area contributed by atoms with E-state index in [1.807, 2.05) is 39.8 Å². The van der Waals surface area contributed by atoms with Crippen molar-refractivity contribution in [3.05, 3.63) is 41.5 Å². The minimum absolute atomic E-state index is 0.157. The molecule has 0 saturated carbocycles. The van der Waals surface area contributed by atoms with Crippen LogP contribution in [0.2, 0.25) is 0 Å². The number of hydrogen-bond acceptors (Lipinski definition) is 1. The van der Waals surface area contributed by atoms with Crippen LogP contribution in [0.15, 0.2) is 24.4 Å². The average Bonchev–Trinajstić information content (AvgIpc) is 2.62. The third-order valence-electron chi connectivity index (χ3n) is 2.92.